The first-order chi connectivity index (χ1) is 14.0. The van der Waals surface area contributed by atoms with E-state index in [2.05, 4.69) is 27.4 Å². The Morgan fingerprint density at radius 3 is 2.38 bits per heavy atom. The molecule has 2 N–H and O–H groups in total. The predicted octanol–water partition coefficient (Wildman–Crippen LogP) is 3.40. The fourth-order valence-electron chi connectivity index (χ4n) is 3.49. The third kappa shape index (κ3) is 5.74. The molecule has 0 aliphatic carbocycles. The minimum atomic E-state index is -0.624. The van der Waals surface area contributed by atoms with Gasteiger partial charge in [-0.05, 0) is 43.8 Å². The first-order valence-corrected chi connectivity index (χ1v) is 10.0. The van der Waals surface area contributed by atoms with Gasteiger partial charge in [0.1, 0.15) is 11.6 Å². The van der Waals surface area contributed by atoms with Crippen LogP contribution in [0, 0.1) is 11.6 Å². The van der Waals surface area contributed by atoms with Gasteiger partial charge in [-0.25, -0.2) is 8.78 Å². The maximum atomic E-state index is 13.8. The summed E-state index contributed by atoms with van der Waals surface area (Å²) in [5.41, 5.74) is 2.19. The van der Waals surface area contributed by atoms with Gasteiger partial charge >= 0.3 is 0 Å². The van der Waals surface area contributed by atoms with Gasteiger partial charge in [-0.1, -0.05) is 13.0 Å². The Morgan fingerprint density at radius 2 is 1.76 bits per heavy atom. The number of nitrogens with zero attached hydrogens (tertiary/aromatic N) is 2. The normalized spacial score (nSPS) is 15.9. The fourth-order valence-corrected chi connectivity index (χ4v) is 3.49. The van der Waals surface area contributed by atoms with Gasteiger partial charge in [-0.2, -0.15) is 0 Å². The minimum Gasteiger partial charge on any atom is -0.369 e. The second-order valence-electron chi connectivity index (χ2n) is 7.28. The van der Waals surface area contributed by atoms with Gasteiger partial charge in [0.15, 0.2) is 0 Å². The molecule has 2 aromatic rings. The number of anilines is 2. The number of halogens is 2. The summed E-state index contributed by atoms with van der Waals surface area (Å²) in [6.07, 6.45) is 0. The van der Waals surface area contributed by atoms with Crippen molar-refractivity contribution in [3.05, 3.63) is 59.7 Å². The van der Waals surface area contributed by atoms with Crippen LogP contribution in [-0.4, -0.2) is 50.1 Å². The number of carbonyl (C=O) groups excluding carboxylic acids is 1. The number of rotatable bonds is 7. The van der Waals surface area contributed by atoms with Gasteiger partial charge in [-0.3, -0.25) is 4.79 Å². The molecule has 0 saturated carbocycles. The van der Waals surface area contributed by atoms with E-state index >= 15 is 0 Å². The molecule has 3 rings (SSSR count). The summed E-state index contributed by atoms with van der Waals surface area (Å²) in [6.45, 7) is 9.15. The predicted molar refractivity (Wildman–Crippen MR) is 112 cm³/mol. The van der Waals surface area contributed by atoms with Crippen molar-refractivity contribution in [1.29, 1.82) is 0 Å². The largest absolute Gasteiger partial charge is 0.369 e. The van der Waals surface area contributed by atoms with Crippen molar-refractivity contribution in [3.63, 3.8) is 0 Å². The number of nitrogens with one attached hydrogen (secondary N) is 2. The number of benzene rings is 2. The van der Waals surface area contributed by atoms with Crippen LogP contribution in [0.3, 0.4) is 0 Å². The average Bonchev–Trinajstić information content (AvgIpc) is 2.73. The molecule has 0 spiro atoms. The summed E-state index contributed by atoms with van der Waals surface area (Å²) in [6, 6.07) is 10.8. The second kappa shape index (κ2) is 9.80. The molecule has 29 heavy (non-hydrogen) atoms. The monoisotopic (exact) mass is 402 g/mol. The van der Waals surface area contributed by atoms with Crippen LogP contribution in [0.25, 0.3) is 0 Å². The lowest BCUT2D eigenvalue weighted by atomic mass is 10.1. The molecular formula is C22H28F2N4O. The third-order valence-electron chi connectivity index (χ3n) is 5.33. The molecule has 0 radical (unpaired) electrons. The maximum Gasteiger partial charge on any atom is 0.238 e. The van der Waals surface area contributed by atoms with Crippen molar-refractivity contribution < 1.29 is 13.6 Å². The molecule has 1 heterocycles. The van der Waals surface area contributed by atoms with Crippen LogP contribution >= 0.6 is 0 Å². The quantitative estimate of drug-likeness (QED) is 0.745. The lowest BCUT2D eigenvalue weighted by molar-refractivity contribution is -0.115. The molecule has 0 unspecified atom stereocenters. The van der Waals surface area contributed by atoms with E-state index in [-0.39, 0.29) is 12.5 Å². The van der Waals surface area contributed by atoms with E-state index in [1.807, 2.05) is 24.3 Å². The molecule has 5 nitrogen and oxygen atoms in total. The summed E-state index contributed by atoms with van der Waals surface area (Å²) in [5.74, 6) is -1.46. The highest BCUT2D eigenvalue weighted by atomic mass is 19.1. The van der Waals surface area contributed by atoms with Crippen molar-refractivity contribution in [3.8, 4) is 0 Å². The standard InChI is InChI=1S/C22H28F2N4O/c1-3-27-10-12-28(13-11-27)19-7-5-18(6-8-19)26-22(29)15-25-16(2)20-9-4-17(23)14-21(20)24/h4-9,14,16,25H,3,10-13,15H2,1-2H3,(H,26,29)/t16-/m1/s1. The van der Waals surface area contributed by atoms with E-state index in [4.69, 9.17) is 0 Å². The molecule has 1 fully saturated rings. The molecular weight excluding hydrogens is 374 g/mol. The Kier molecular flexibility index (Phi) is 7.17. The number of amides is 1. The third-order valence-corrected chi connectivity index (χ3v) is 5.33. The molecule has 156 valence electrons. The Bertz CT molecular complexity index is 820. The average molecular weight is 402 g/mol. The topological polar surface area (TPSA) is 47.6 Å². The van der Waals surface area contributed by atoms with E-state index < -0.39 is 17.7 Å². The molecule has 1 aliphatic heterocycles. The minimum absolute atomic E-state index is 0.0265. The summed E-state index contributed by atoms with van der Waals surface area (Å²) in [4.78, 5) is 17.0. The molecule has 1 aliphatic rings. The van der Waals surface area contributed by atoms with Crippen LogP contribution in [0.1, 0.15) is 25.5 Å². The van der Waals surface area contributed by atoms with Crippen LogP contribution in [0.2, 0.25) is 0 Å². The van der Waals surface area contributed by atoms with Gasteiger partial charge in [0.05, 0.1) is 6.54 Å². The number of hydrogen-bond donors (Lipinski definition) is 2. The molecule has 0 aromatic heterocycles. The highest BCUT2D eigenvalue weighted by molar-refractivity contribution is 5.92. The van der Waals surface area contributed by atoms with Crippen LogP contribution in [0.15, 0.2) is 42.5 Å². The van der Waals surface area contributed by atoms with Crippen molar-refractivity contribution >= 4 is 17.3 Å². The van der Waals surface area contributed by atoms with Gasteiger partial charge in [0.25, 0.3) is 0 Å². The maximum absolute atomic E-state index is 13.8. The van der Waals surface area contributed by atoms with E-state index in [0.717, 1.165) is 44.5 Å². The Labute approximate surface area is 170 Å². The number of hydrogen-bond acceptors (Lipinski definition) is 4. The smallest absolute Gasteiger partial charge is 0.238 e. The molecule has 1 saturated heterocycles. The lowest BCUT2D eigenvalue weighted by Gasteiger charge is -2.35. The van der Waals surface area contributed by atoms with Crippen LogP contribution in [0.5, 0.6) is 0 Å². The van der Waals surface area contributed by atoms with Crippen molar-refractivity contribution in [2.24, 2.45) is 0 Å². The SMILES string of the molecule is CCN1CCN(c2ccc(NC(=O)CN[C@H](C)c3ccc(F)cc3F)cc2)CC1. The number of piperazine rings is 1. The van der Waals surface area contributed by atoms with Gasteiger partial charge < -0.3 is 20.4 Å². The van der Waals surface area contributed by atoms with E-state index in [1.54, 1.807) is 6.92 Å². The summed E-state index contributed by atoms with van der Waals surface area (Å²) < 4.78 is 26.8. The van der Waals surface area contributed by atoms with Crippen molar-refractivity contribution in [2.45, 2.75) is 19.9 Å². The Morgan fingerprint density at radius 1 is 1.07 bits per heavy atom. The first-order valence-electron chi connectivity index (χ1n) is 10.0. The van der Waals surface area contributed by atoms with Crippen LogP contribution < -0.4 is 15.5 Å². The zero-order valence-electron chi connectivity index (χ0n) is 16.9. The fraction of sp³-hybridized carbons (Fsp3) is 0.409. The number of carbonyl (C=O) groups is 1. The Hall–Kier alpha value is -2.51. The van der Waals surface area contributed by atoms with Gasteiger partial charge in [0.2, 0.25) is 5.91 Å². The first kappa shape index (κ1) is 21.2. The summed E-state index contributed by atoms with van der Waals surface area (Å²) >= 11 is 0. The molecule has 0 bridgehead atoms. The molecule has 7 heteroatoms. The molecule has 1 atom stereocenters. The zero-order chi connectivity index (χ0) is 20.8. The van der Waals surface area contributed by atoms with Crippen molar-refractivity contribution in [2.75, 3.05) is 49.5 Å². The second-order valence-corrected chi connectivity index (χ2v) is 7.28. The Balaban J connectivity index is 1.48. The highest BCUT2D eigenvalue weighted by Gasteiger charge is 2.16. The van der Waals surface area contributed by atoms with Crippen LogP contribution in [-0.2, 0) is 4.79 Å². The molecule has 2 aromatic carbocycles. The van der Waals surface area contributed by atoms with Crippen LogP contribution in [0.4, 0.5) is 20.2 Å². The highest BCUT2D eigenvalue weighted by Crippen LogP contribution is 2.20. The zero-order valence-corrected chi connectivity index (χ0v) is 16.9. The molecule has 1 amide bonds. The van der Waals surface area contributed by atoms with Gasteiger partial charge in [0, 0.05) is 55.2 Å². The van der Waals surface area contributed by atoms with Gasteiger partial charge in [-0.15, -0.1) is 0 Å². The van der Waals surface area contributed by atoms with Crippen molar-refractivity contribution in [1.82, 2.24) is 10.2 Å². The van der Waals surface area contributed by atoms with E-state index in [1.165, 1.54) is 12.1 Å². The number of likely N-dealkylation sites (N-methyl/N-ethyl adjacent to an activating group) is 1. The lowest BCUT2D eigenvalue weighted by Crippen LogP contribution is -2.46. The summed E-state index contributed by atoms with van der Waals surface area (Å²) in [7, 11) is 0. The van der Waals surface area contributed by atoms with E-state index in [0.29, 0.717) is 11.3 Å². The van der Waals surface area contributed by atoms with E-state index in [9.17, 15) is 13.6 Å². The summed E-state index contributed by atoms with van der Waals surface area (Å²) in [5, 5.41) is 5.80.